The van der Waals surface area contributed by atoms with Gasteiger partial charge in [0.05, 0.1) is 13.0 Å². The number of hydrogen-bond donors (Lipinski definition) is 2. The fourth-order valence-corrected chi connectivity index (χ4v) is 4.76. The minimum Gasteiger partial charge on any atom is -0.469 e. The van der Waals surface area contributed by atoms with Crippen LogP contribution in [-0.2, 0) is 23.9 Å². The smallest absolute Gasteiger partial charge is 0.411 e. The van der Waals surface area contributed by atoms with Crippen molar-refractivity contribution in [2.24, 2.45) is 5.92 Å². The average molecular weight is 526 g/mol. The van der Waals surface area contributed by atoms with Crippen LogP contribution in [0.5, 0.6) is 0 Å². The third-order valence-corrected chi connectivity index (χ3v) is 6.21. The summed E-state index contributed by atoms with van der Waals surface area (Å²) in [4.78, 5) is 53.5. The number of rotatable bonds is 5. The average Bonchev–Trinajstić information content (AvgIpc) is 3.39. The molecule has 1 aliphatic heterocycles. The number of hydrogen-bond acceptors (Lipinski definition) is 6. The van der Waals surface area contributed by atoms with Crippen LogP contribution in [0.25, 0.3) is 0 Å². The number of amides is 3. The molecule has 0 radical (unpaired) electrons. The molecule has 1 unspecified atom stereocenters. The Balaban J connectivity index is 1.91. The fourth-order valence-electron chi connectivity index (χ4n) is 4.24. The molecule has 2 N–H and O–H groups in total. The van der Waals surface area contributed by atoms with Crippen molar-refractivity contribution in [2.45, 2.75) is 57.2 Å². The minimum absolute atomic E-state index is 0.0784. The van der Waals surface area contributed by atoms with Gasteiger partial charge in [0.2, 0.25) is 5.54 Å². The molecule has 190 valence electrons. The lowest BCUT2D eigenvalue weighted by molar-refractivity contribution is -0.145. The number of likely N-dealkylation sites (tertiary alicyclic amines) is 1. The molecule has 0 aromatic heterocycles. The molecular weight excluding hydrogens is 497 g/mol. The van der Waals surface area contributed by atoms with Crippen LogP contribution in [-0.4, -0.2) is 59.6 Å². The zero-order chi connectivity index (χ0) is 26.0. The predicted molar refractivity (Wildman–Crippen MR) is 131 cm³/mol. The number of benzene rings is 1. The lowest BCUT2D eigenvalue weighted by Gasteiger charge is -2.37. The second-order valence-electron chi connectivity index (χ2n) is 9.54. The molecule has 0 bridgehead atoms. The van der Waals surface area contributed by atoms with Gasteiger partial charge in [-0.15, -0.1) is 0 Å². The van der Waals surface area contributed by atoms with Gasteiger partial charge in [-0.05, 0) is 58.2 Å². The molecule has 35 heavy (non-hydrogen) atoms. The first-order valence-corrected chi connectivity index (χ1v) is 12.0. The Morgan fingerprint density at radius 3 is 2.31 bits per heavy atom. The van der Waals surface area contributed by atoms with E-state index in [1.165, 1.54) is 25.3 Å². The number of anilines is 1. The highest BCUT2D eigenvalue weighted by atomic mass is 35.5. The first-order valence-electron chi connectivity index (χ1n) is 11.2. The molecule has 3 atom stereocenters. The van der Waals surface area contributed by atoms with E-state index in [2.05, 4.69) is 10.6 Å². The van der Waals surface area contributed by atoms with E-state index in [1.54, 1.807) is 32.9 Å². The third-order valence-electron chi connectivity index (χ3n) is 5.77. The number of halogens is 2. The molecule has 1 heterocycles. The maximum atomic E-state index is 13.7. The number of nitrogens with one attached hydrogen (secondary N) is 2. The number of esters is 1. The van der Waals surface area contributed by atoms with Crippen molar-refractivity contribution in [1.29, 1.82) is 0 Å². The van der Waals surface area contributed by atoms with E-state index in [4.69, 9.17) is 32.7 Å². The van der Waals surface area contributed by atoms with Gasteiger partial charge >= 0.3 is 12.1 Å². The number of carbonyl (C=O) groups excluding carboxylic acids is 4. The van der Waals surface area contributed by atoms with Gasteiger partial charge in [-0.3, -0.25) is 19.3 Å². The van der Waals surface area contributed by atoms with Gasteiger partial charge in [0.1, 0.15) is 5.60 Å². The van der Waals surface area contributed by atoms with E-state index in [1.807, 2.05) is 0 Å². The Hall–Kier alpha value is -2.78. The van der Waals surface area contributed by atoms with Crippen molar-refractivity contribution in [3.05, 3.63) is 40.4 Å². The van der Waals surface area contributed by atoms with Crippen molar-refractivity contribution in [2.75, 3.05) is 19.0 Å². The lowest BCUT2D eigenvalue weighted by Crippen LogP contribution is -2.65. The number of ether oxygens (including phenoxy) is 2. The van der Waals surface area contributed by atoms with Crippen molar-refractivity contribution in [3.63, 3.8) is 0 Å². The van der Waals surface area contributed by atoms with Crippen molar-refractivity contribution >= 4 is 52.8 Å². The Morgan fingerprint density at radius 1 is 1.06 bits per heavy atom. The molecule has 1 aliphatic carbocycles. The van der Waals surface area contributed by atoms with E-state index >= 15 is 0 Å². The standard InChI is InChI=1S/C24H29Cl2N3O6/c1-23(2,3)35-22(33)29-9-5-8-24(29,21(32)28-18-12-15(25)11-16(26)13-18)20(31)27-17-7-6-14(10-17)19(30)34-4/h6-7,11-14,17H,5,8-10H2,1-4H3,(H,27,31)(H,28,32)/t14-,17+,24?/m1/s1. The predicted octanol–water partition coefficient (Wildman–Crippen LogP) is 3.94. The minimum atomic E-state index is -1.88. The molecule has 3 amide bonds. The fraction of sp³-hybridized carbons (Fsp3) is 0.500. The monoisotopic (exact) mass is 525 g/mol. The van der Waals surface area contributed by atoms with Crippen LogP contribution in [0.2, 0.25) is 10.0 Å². The van der Waals surface area contributed by atoms with Crippen LogP contribution in [0, 0.1) is 5.92 Å². The summed E-state index contributed by atoms with van der Waals surface area (Å²) in [5.41, 5.74) is -2.43. The Labute approximate surface area is 214 Å². The third kappa shape index (κ3) is 6.08. The van der Waals surface area contributed by atoms with Gasteiger partial charge in [0.15, 0.2) is 0 Å². The quantitative estimate of drug-likeness (QED) is 0.342. The highest BCUT2D eigenvalue weighted by Crippen LogP contribution is 2.34. The first kappa shape index (κ1) is 26.8. The molecule has 11 heteroatoms. The molecule has 1 aromatic carbocycles. The highest BCUT2D eigenvalue weighted by molar-refractivity contribution is 6.35. The molecule has 0 saturated carbocycles. The summed E-state index contributed by atoms with van der Waals surface area (Å²) in [5, 5.41) is 6.09. The molecule has 1 aromatic rings. The van der Waals surface area contributed by atoms with Gasteiger partial charge < -0.3 is 20.1 Å². The maximum Gasteiger partial charge on any atom is 0.411 e. The molecule has 0 spiro atoms. The Bertz CT molecular complexity index is 1030. The van der Waals surface area contributed by atoms with E-state index in [0.29, 0.717) is 16.5 Å². The Kier molecular flexibility index (Phi) is 8.01. The molecule has 9 nitrogen and oxygen atoms in total. The number of methoxy groups -OCH3 is 1. The van der Waals surface area contributed by atoms with Crippen molar-refractivity contribution in [1.82, 2.24) is 10.2 Å². The summed E-state index contributed by atoms with van der Waals surface area (Å²) < 4.78 is 10.3. The molecule has 1 saturated heterocycles. The van der Waals surface area contributed by atoms with Gasteiger partial charge in [-0.2, -0.15) is 0 Å². The lowest BCUT2D eigenvalue weighted by atomic mass is 9.92. The zero-order valence-electron chi connectivity index (χ0n) is 20.0. The normalized spacial score (nSPS) is 23.7. The SMILES string of the molecule is COC(=O)[C@@H]1C=C[C@H](NC(=O)C2(C(=O)Nc3cc(Cl)cc(Cl)c3)CCCN2C(=O)OC(C)(C)C)C1. The second kappa shape index (κ2) is 10.5. The number of carbonyl (C=O) groups is 4. The van der Waals surface area contributed by atoms with Gasteiger partial charge in [0, 0.05) is 28.3 Å². The number of nitrogens with zero attached hydrogens (tertiary/aromatic N) is 1. The van der Waals surface area contributed by atoms with E-state index in [0.717, 1.165) is 4.90 Å². The molecule has 1 fully saturated rings. The second-order valence-corrected chi connectivity index (χ2v) is 10.4. The van der Waals surface area contributed by atoms with Gasteiger partial charge in [0.25, 0.3) is 11.8 Å². The Morgan fingerprint density at radius 2 is 1.71 bits per heavy atom. The van der Waals surface area contributed by atoms with Crippen LogP contribution < -0.4 is 10.6 Å². The molecular formula is C24H29Cl2N3O6. The first-order chi connectivity index (χ1) is 16.4. The summed E-state index contributed by atoms with van der Waals surface area (Å²) in [6, 6.07) is 3.97. The van der Waals surface area contributed by atoms with Gasteiger partial charge in [-0.1, -0.05) is 35.4 Å². The molecule has 3 rings (SSSR count). The summed E-state index contributed by atoms with van der Waals surface area (Å²) in [7, 11) is 1.29. The summed E-state index contributed by atoms with van der Waals surface area (Å²) >= 11 is 12.1. The van der Waals surface area contributed by atoms with Crippen LogP contribution in [0.4, 0.5) is 10.5 Å². The largest absolute Gasteiger partial charge is 0.469 e. The van der Waals surface area contributed by atoms with Crippen molar-refractivity contribution < 1.29 is 28.7 Å². The summed E-state index contributed by atoms with van der Waals surface area (Å²) in [6.45, 7) is 5.25. The van der Waals surface area contributed by atoms with Crippen LogP contribution in [0.1, 0.15) is 40.0 Å². The van der Waals surface area contributed by atoms with Crippen LogP contribution >= 0.6 is 23.2 Å². The van der Waals surface area contributed by atoms with Crippen molar-refractivity contribution in [3.8, 4) is 0 Å². The van der Waals surface area contributed by atoms with E-state index < -0.39 is 47.0 Å². The van der Waals surface area contributed by atoms with Crippen LogP contribution in [0.3, 0.4) is 0 Å². The van der Waals surface area contributed by atoms with E-state index in [-0.39, 0.29) is 25.1 Å². The zero-order valence-corrected chi connectivity index (χ0v) is 21.5. The topological polar surface area (TPSA) is 114 Å². The van der Waals surface area contributed by atoms with Crippen LogP contribution in [0.15, 0.2) is 30.4 Å². The summed E-state index contributed by atoms with van der Waals surface area (Å²) in [6.07, 6.45) is 3.31. The van der Waals surface area contributed by atoms with Gasteiger partial charge in [-0.25, -0.2) is 4.79 Å². The summed E-state index contributed by atoms with van der Waals surface area (Å²) in [5.74, 6) is -2.32. The molecule has 2 aliphatic rings. The van der Waals surface area contributed by atoms with E-state index in [9.17, 15) is 19.2 Å². The maximum absolute atomic E-state index is 13.7. The highest BCUT2D eigenvalue weighted by Gasteiger charge is 2.57.